The molecule has 1 aliphatic carbocycles. The van der Waals surface area contributed by atoms with E-state index in [0.717, 1.165) is 24.9 Å². The molecular weight excluding hydrogens is 335 g/mol. The molecule has 0 fully saturated rings. The quantitative estimate of drug-likeness (QED) is 0.830. The van der Waals surface area contributed by atoms with E-state index < -0.39 is 0 Å². The van der Waals surface area contributed by atoms with Gasteiger partial charge in [0, 0.05) is 18.1 Å². The molecule has 1 aromatic carbocycles. The summed E-state index contributed by atoms with van der Waals surface area (Å²) < 4.78 is 1.67. The summed E-state index contributed by atoms with van der Waals surface area (Å²) in [4.78, 5) is 12.4. The monoisotopic (exact) mass is 356 g/mol. The summed E-state index contributed by atoms with van der Waals surface area (Å²) in [6.07, 6.45) is 6.55. The molecule has 5 nitrogen and oxygen atoms in total. The molecule has 23 heavy (non-hydrogen) atoms. The van der Waals surface area contributed by atoms with Crippen LogP contribution < -0.4 is 11.1 Å². The van der Waals surface area contributed by atoms with Crippen LogP contribution >= 0.6 is 24.8 Å². The molecule has 0 saturated heterocycles. The first-order valence-electron chi connectivity index (χ1n) is 7.33. The number of anilines is 1. The van der Waals surface area contributed by atoms with Crippen molar-refractivity contribution < 1.29 is 4.79 Å². The molecule has 0 saturated carbocycles. The number of nitrogens with two attached hydrogens (primary N) is 1. The van der Waals surface area contributed by atoms with E-state index in [2.05, 4.69) is 10.4 Å². The number of aryl methyl sites for hydroxylation is 1. The molecule has 126 valence electrons. The van der Waals surface area contributed by atoms with Crippen LogP contribution in [0.4, 0.5) is 5.69 Å². The maximum atomic E-state index is 12.4. The number of amides is 1. The first-order valence-corrected chi connectivity index (χ1v) is 7.33. The number of carbonyl (C=O) groups is 1. The van der Waals surface area contributed by atoms with Crippen molar-refractivity contribution in [3.8, 4) is 0 Å². The summed E-state index contributed by atoms with van der Waals surface area (Å²) >= 11 is 0. The van der Waals surface area contributed by atoms with Gasteiger partial charge in [-0.3, -0.25) is 9.48 Å². The van der Waals surface area contributed by atoms with Crippen LogP contribution in [0.5, 0.6) is 0 Å². The molecule has 3 N–H and O–H groups in total. The number of hydrogen-bond donors (Lipinski definition) is 2. The Morgan fingerprint density at radius 2 is 2.22 bits per heavy atom. The van der Waals surface area contributed by atoms with E-state index in [-0.39, 0.29) is 42.8 Å². The number of nitrogens with one attached hydrogen (secondary N) is 1. The van der Waals surface area contributed by atoms with E-state index in [1.807, 2.05) is 31.2 Å². The summed E-state index contributed by atoms with van der Waals surface area (Å²) in [7, 11) is 0. The molecule has 1 aliphatic rings. The normalized spacial score (nSPS) is 17.2. The van der Waals surface area contributed by atoms with Gasteiger partial charge in [-0.2, -0.15) is 5.10 Å². The van der Waals surface area contributed by atoms with Crippen LogP contribution in [0.2, 0.25) is 0 Å². The number of fused-ring (bicyclic) bond motifs is 1. The minimum Gasteiger partial charge on any atom is -0.399 e. The van der Waals surface area contributed by atoms with Crippen LogP contribution in [0, 0.1) is 0 Å². The first kappa shape index (κ1) is 19.3. The fourth-order valence-corrected chi connectivity index (χ4v) is 2.91. The van der Waals surface area contributed by atoms with Crippen molar-refractivity contribution >= 4 is 36.4 Å². The van der Waals surface area contributed by atoms with Gasteiger partial charge < -0.3 is 11.1 Å². The Bertz CT molecular complexity index is 646. The highest BCUT2D eigenvalue weighted by Crippen LogP contribution is 2.31. The number of rotatable bonds is 3. The molecule has 1 aromatic heterocycles. The summed E-state index contributed by atoms with van der Waals surface area (Å²) in [5.74, 6) is -0.00613. The summed E-state index contributed by atoms with van der Waals surface area (Å²) in [5.41, 5.74) is 9.06. The zero-order valence-corrected chi connectivity index (χ0v) is 14.6. The number of hydrogen-bond acceptors (Lipinski definition) is 3. The van der Waals surface area contributed by atoms with Crippen LogP contribution in [0.3, 0.4) is 0 Å². The maximum Gasteiger partial charge on any atom is 0.245 e. The van der Waals surface area contributed by atoms with E-state index in [1.54, 1.807) is 17.1 Å². The van der Waals surface area contributed by atoms with Crippen molar-refractivity contribution in [3.05, 3.63) is 47.8 Å². The first-order chi connectivity index (χ1) is 10.1. The Labute approximate surface area is 148 Å². The highest BCUT2D eigenvalue weighted by molar-refractivity contribution is 5.85. The molecule has 1 amide bonds. The van der Waals surface area contributed by atoms with Gasteiger partial charge in [-0.1, -0.05) is 6.07 Å². The Kier molecular flexibility index (Phi) is 6.91. The van der Waals surface area contributed by atoms with Gasteiger partial charge in [-0.25, -0.2) is 0 Å². The van der Waals surface area contributed by atoms with Crippen molar-refractivity contribution in [3.63, 3.8) is 0 Å². The molecule has 2 unspecified atom stereocenters. The van der Waals surface area contributed by atoms with Gasteiger partial charge in [0.2, 0.25) is 5.91 Å². The summed E-state index contributed by atoms with van der Waals surface area (Å²) in [6.45, 7) is 1.86. The highest BCUT2D eigenvalue weighted by atomic mass is 35.5. The van der Waals surface area contributed by atoms with Crippen molar-refractivity contribution in [2.24, 2.45) is 0 Å². The zero-order valence-electron chi connectivity index (χ0n) is 12.9. The minimum absolute atomic E-state index is 0. The number of benzene rings is 1. The third kappa shape index (κ3) is 4.18. The second-order valence-corrected chi connectivity index (χ2v) is 5.57. The van der Waals surface area contributed by atoms with Crippen molar-refractivity contribution in [1.29, 1.82) is 0 Å². The number of aromatic nitrogens is 2. The fourth-order valence-electron chi connectivity index (χ4n) is 2.91. The summed E-state index contributed by atoms with van der Waals surface area (Å²) in [5, 5.41) is 7.27. The van der Waals surface area contributed by atoms with Crippen LogP contribution in [-0.2, 0) is 11.2 Å². The smallest absolute Gasteiger partial charge is 0.245 e. The second-order valence-electron chi connectivity index (χ2n) is 5.57. The SMILES string of the molecule is CC(C(=O)NC1CCCc2cc(N)ccc21)n1cccn1.Cl.Cl. The maximum absolute atomic E-state index is 12.4. The van der Waals surface area contributed by atoms with Crippen molar-refractivity contribution in [1.82, 2.24) is 15.1 Å². The van der Waals surface area contributed by atoms with Gasteiger partial charge in [0.15, 0.2) is 0 Å². The lowest BCUT2D eigenvalue weighted by molar-refractivity contribution is -0.125. The molecule has 0 aliphatic heterocycles. The topological polar surface area (TPSA) is 72.9 Å². The predicted molar refractivity (Wildman–Crippen MR) is 96.1 cm³/mol. The third-order valence-electron chi connectivity index (χ3n) is 4.10. The van der Waals surface area contributed by atoms with Crippen LogP contribution in [0.25, 0.3) is 0 Å². The van der Waals surface area contributed by atoms with Gasteiger partial charge in [-0.05, 0) is 55.5 Å². The Balaban J connectivity index is 0.00000132. The lowest BCUT2D eigenvalue weighted by Gasteiger charge is -2.27. The standard InChI is InChI=1S/C16H20N4O.2ClH/c1-11(20-9-3-8-18-20)16(21)19-15-5-2-4-12-10-13(17)6-7-14(12)15;;/h3,6-11,15H,2,4-5,17H2,1H3,(H,19,21);2*1H. The van der Waals surface area contributed by atoms with Gasteiger partial charge in [0.05, 0.1) is 6.04 Å². The number of halogens is 2. The number of nitrogens with zero attached hydrogens (tertiary/aromatic N) is 2. The largest absolute Gasteiger partial charge is 0.399 e. The molecule has 2 aromatic rings. The van der Waals surface area contributed by atoms with Crippen molar-refractivity contribution in [2.75, 3.05) is 5.73 Å². The van der Waals surface area contributed by atoms with E-state index >= 15 is 0 Å². The predicted octanol–water partition coefficient (Wildman–Crippen LogP) is 3.06. The zero-order chi connectivity index (χ0) is 14.8. The third-order valence-corrected chi connectivity index (χ3v) is 4.10. The minimum atomic E-state index is -0.306. The Morgan fingerprint density at radius 1 is 1.43 bits per heavy atom. The lowest BCUT2D eigenvalue weighted by atomic mass is 9.87. The van der Waals surface area contributed by atoms with Gasteiger partial charge in [-0.15, -0.1) is 24.8 Å². The van der Waals surface area contributed by atoms with Gasteiger partial charge in [0.25, 0.3) is 0 Å². The number of nitrogen functional groups attached to an aromatic ring is 1. The molecule has 0 bridgehead atoms. The van der Waals surface area contributed by atoms with Crippen LogP contribution in [0.1, 0.15) is 43.0 Å². The van der Waals surface area contributed by atoms with E-state index in [0.29, 0.717) is 0 Å². The Hall–Kier alpha value is -1.72. The molecule has 2 atom stereocenters. The average Bonchev–Trinajstić information content (AvgIpc) is 3.00. The molecule has 0 spiro atoms. The van der Waals surface area contributed by atoms with Gasteiger partial charge in [0.1, 0.15) is 6.04 Å². The van der Waals surface area contributed by atoms with E-state index in [4.69, 9.17) is 5.73 Å². The van der Waals surface area contributed by atoms with Crippen LogP contribution in [0.15, 0.2) is 36.7 Å². The second kappa shape index (κ2) is 8.22. The van der Waals surface area contributed by atoms with Gasteiger partial charge >= 0.3 is 0 Å². The summed E-state index contributed by atoms with van der Waals surface area (Å²) in [6, 6.07) is 7.54. The van der Waals surface area contributed by atoms with E-state index in [9.17, 15) is 4.79 Å². The lowest BCUT2D eigenvalue weighted by Crippen LogP contribution is -2.35. The molecule has 1 heterocycles. The molecule has 7 heteroatoms. The highest BCUT2D eigenvalue weighted by Gasteiger charge is 2.24. The molecular formula is C16H22Cl2N4O. The van der Waals surface area contributed by atoms with E-state index in [1.165, 1.54) is 11.1 Å². The van der Waals surface area contributed by atoms with Crippen molar-refractivity contribution in [2.45, 2.75) is 38.3 Å². The Morgan fingerprint density at radius 3 is 2.91 bits per heavy atom. The molecule has 0 radical (unpaired) electrons. The average molecular weight is 357 g/mol. The molecule has 3 rings (SSSR count). The van der Waals surface area contributed by atoms with Crippen LogP contribution in [-0.4, -0.2) is 15.7 Å². The number of carbonyl (C=O) groups excluding carboxylic acids is 1. The fraction of sp³-hybridized carbons (Fsp3) is 0.375.